The van der Waals surface area contributed by atoms with Gasteiger partial charge in [0.15, 0.2) is 11.2 Å². The summed E-state index contributed by atoms with van der Waals surface area (Å²) in [6.07, 6.45) is 2.55. The van der Waals surface area contributed by atoms with Crippen LogP contribution in [-0.2, 0) is 20.1 Å². The van der Waals surface area contributed by atoms with Crippen molar-refractivity contribution in [3.63, 3.8) is 0 Å². The van der Waals surface area contributed by atoms with Crippen molar-refractivity contribution in [1.82, 2.24) is 23.7 Å². The minimum atomic E-state index is -0.521. The van der Waals surface area contributed by atoms with Gasteiger partial charge in [-0.15, -0.1) is 5.92 Å². The normalized spacial score (nSPS) is 10.8. The molecule has 172 valence electrons. The molecule has 0 aliphatic rings. The summed E-state index contributed by atoms with van der Waals surface area (Å²) >= 11 is 0. The molecular weight excluding hydrogens is 430 g/mol. The Bertz CT molecular complexity index is 1620. The van der Waals surface area contributed by atoms with Crippen molar-refractivity contribution in [3.05, 3.63) is 62.6 Å². The molecule has 0 saturated carbocycles. The van der Waals surface area contributed by atoms with Crippen molar-refractivity contribution in [3.8, 4) is 17.9 Å². The van der Waals surface area contributed by atoms with Gasteiger partial charge in [-0.3, -0.25) is 23.5 Å². The van der Waals surface area contributed by atoms with Gasteiger partial charge in [0.05, 0.1) is 24.3 Å². The zero-order chi connectivity index (χ0) is 24.4. The van der Waals surface area contributed by atoms with Crippen LogP contribution in [0.5, 0.6) is 0 Å². The lowest BCUT2D eigenvalue weighted by atomic mass is 10.1. The third-order valence-corrected chi connectivity index (χ3v) is 5.82. The second kappa shape index (κ2) is 9.24. The highest BCUT2D eigenvalue weighted by molar-refractivity contribution is 5.87. The predicted octanol–water partition coefficient (Wildman–Crippen LogP) is 2.23. The van der Waals surface area contributed by atoms with Crippen molar-refractivity contribution in [2.75, 3.05) is 18.5 Å². The van der Waals surface area contributed by atoms with Gasteiger partial charge in [0.1, 0.15) is 6.07 Å². The van der Waals surface area contributed by atoms with Gasteiger partial charge in [-0.2, -0.15) is 10.2 Å². The van der Waals surface area contributed by atoms with E-state index in [0.29, 0.717) is 28.4 Å². The molecule has 3 aromatic heterocycles. The molecule has 1 aromatic carbocycles. The molecule has 9 nitrogen and oxygen atoms in total. The maximum Gasteiger partial charge on any atom is 0.332 e. The van der Waals surface area contributed by atoms with E-state index < -0.39 is 11.2 Å². The van der Waals surface area contributed by atoms with E-state index in [1.165, 1.54) is 4.57 Å². The molecule has 0 atom stereocenters. The molecule has 0 radical (unpaired) electrons. The Morgan fingerprint density at radius 3 is 2.65 bits per heavy atom. The molecule has 0 unspecified atom stereocenters. The highest BCUT2D eigenvalue weighted by Gasteiger charge is 2.22. The molecule has 0 bridgehead atoms. The van der Waals surface area contributed by atoms with Gasteiger partial charge >= 0.3 is 5.69 Å². The molecule has 0 N–H and O–H groups in total. The summed E-state index contributed by atoms with van der Waals surface area (Å²) in [6.45, 7) is 4.66. The van der Waals surface area contributed by atoms with Crippen LogP contribution in [0.15, 0.2) is 40.1 Å². The average molecular weight is 456 g/mol. The Kier molecular flexibility index (Phi) is 6.20. The Hall–Kier alpha value is -4.37. The second-order valence-electron chi connectivity index (χ2n) is 8.03. The number of rotatable bonds is 6. The number of pyridine rings is 1. The molecule has 0 aliphatic heterocycles. The molecule has 0 amide bonds. The van der Waals surface area contributed by atoms with E-state index >= 15 is 0 Å². The van der Waals surface area contributed by atoms with E-state index in [2.05, 4.69) is 34.8 Å². The number of hydrogen-bond donors (Lipinski definition) is 0. The lowest BCUT2D eigenvalue weighted by molar-refractivity contribution is 0.644. The molecule has 34 heavy (non-hydrogen) atoms. The average Bonchev–Trinajstić information content (AvgIpc) is 3.23. The van der Waals surface area contributed by atoms with Gasteiger partial charge in [-0.25, -0.2) is 4.79 Å². The Balaban J connectivity index is 1.97. The first-order valence-corrected chi connectivity index (χ1v) is 11.0. The number of benzene rings is 1. The van der Waals surface area contributed by atoms with Crippen LogP contribution >= 0.6 is 0 Å². The third-order valence-electron chi connectivity index (χ3n) is 5.82. The topological polar surface area (TPSA) is 102 Å². The van der Waals surface area contributed by atoms with Crippen LogP contribution in [0.2, 0.25) is 0 Å². The number of imidazole rings is 1. The zero-order valence-electron chi connectivity index (χ0n) is 19.7. The highest BCUT2D eigenvalue weighted by Crippen LogP contribution is 2.21. The zero-order valence-corrected chi connectivity index (χ0v) is 19.7. The monoisotopic (exact) mass is 455 g/mol. The largest absolute Gasteiger partial charge is 0.345 e. The molecule has 4 aromatic rings. The van der Waals surface area contributed by atoms with Gasteiger partial charge in [0.25, 0.3) is 5.56 Å². The first-order chi connectivity index (χ1) is 16.4. The first kappa shape index (κ1) is 22.8. The van der Waals surface area contributed by atoms with Crippen LogP contribution in [-0.4, -0.2) is 37.3 Å². The number of fused-ring (bicyclic) bond motifs is 2. The lowest BCUT2D eigenvalue weighted by Gasteiger charge is -2.17. The number of nitriles is 1. The van der Waals surface area contributed by atoms with Crippen molar-refractivity contribution >= 4 is 27.9 Å². The molecule has 0 saturated heterocycles. The summed E-state index contributed by atoms with van der Waals surface area (Å²) < 4.78 is 4.23. The SMILES string of the molecule is CC#CCn1c(N(C)CCC)nc2c1c(=O)n(Cc1ncc3ccccc3c1C#N)c(=O)n2C. The Morgan fingerprint density at radius 1 is 1.18 bits per heavy atom. The van der Waals surface area contributed by atoms with Crippen molar-refractivity contribution in [2.24, 2.45) is 7.05 Å². The summed E-state index contributed by atoms with van der Waals surface area (Å²) in [5.41, 5.74) is 0.297. The smallest absolute Gasteiger partial charge is 0.332 e. The Labute approximate surface area is 196 Å². The summed E-state index contributed by atoms with van der Waals surface area (Å²) in [4.78, 5) is 37.9. The molecule has 9 heteroatoms. The van der Waals surface area contributed by atoms with Crippen LogP contribution in [0.1, 0.15) is 31.5 Å². The summed E-state index contributed by atoms with van der Waals surface area (Å²) in [5.74, 6) is 6.44. The van der Waals surface area contributed by atoms with Crippen molar-refractivity contribution in [1.29, 1.82) is 5.26 Å². The van der Waals surface area contributed by atoms with Gasteiger partial charge in [0.2, 0.25) is 5.95 Å². The fourth-order valence-electron chi connectivity index (χ4n) is 4.13. The number of aromatic nitrogens is 5. The highest BCUT2D eigenvalue weighted by atomic mass is 16.2. The second-order valence-corrected chi connectivity index (χ2v) is 8.03. The van der Waals surface area contributed by atoms with Gasteiger partial charge in [0, 0.05) is 37.6 Å². The fourth-order valence-corrected chi connectivity index (χ4v) is 4.13. The van der Waals surface area contributed by atoms with Crippen molar-refractivity contribution < 1.29 is 0 Å². The lowest BCUT2D eigenvalue weighted by Crippen LogP contribution is -2.40. The molecule has 0 spiro atoms. The minimum Gasteiger partial charge on any atom is -0.345 e. The van der Waals surface area contributed by atoms with E-state index in [-0.39, 0.29) is 13.1 Å². The maximum absolute atomic E-state index is 13.7. The maximum atomic E-state index is 13.7. The third kappa shape index (κ3) is 3.71. The standard InChI is InChI=1S/C25H25N7O2/c1-5-7-13-31-21-22(28-24(31)29(3)12-6-2)30(4)25(34)32(23(21)33)16-20-19(14-26)18-11-9-8-10-17(18)15-27-20/h8-11,15H,6,12-13,16H2,1-4H3. The molecule has 3 heterocycles. The minimum absolute atomic E-state index is 0.125. The summed E-state index contributed by atoms with van der Waals surface area (Å²) in [7, 11) is 3.49. The fraction of sp³-hybridized carbons (Fsp3) is 0.320. The molecule has 0 aliphatic carbocycles. The predicted molar refractivity (Wildman–Crippen MR) is 132 cm³/mol. The molecule has 0 fully saturated rings. The van der Waals surface area contributed by atoms with E-state index in [9.17, 15) is 14.9 Å². The van der Waals surface area contributed by atoms with Crippen LogP contribution < -0.4 is 16.1 Å². The number of anilines is 1. The van der Waals surface area contributed by atoms with Gasteiger partial charge < -0.3 is 4.90 Å². The Morgan fingerprint density at radius 2 is 1.94 bits per heavy atom. The summed E-state index contributed by atoms with van der Waals surface area (Å²) in [5, 5.41) is 11.4. The van der Waals surface area contributed by atoms with E-state index in [1.54, 1.807) is 24.7 Å². The van der Waals surface area contributed by atoms with Crippen LogP contribution in [0.4, 0.5) is 5.95 Å². The summed E-state index contributed by atoms with van der Waals surface area (Å²) in [6, 6.07) is 9.60. The van der Waals surface area contributed by atoms with Gasteiger partial charge in [-0.05, 0) is 13.3 Å². The van der Waals surface area contributed by atoms with Crippen molar-refractivity contribution in [2.45, 2.75) is 33.4 Å². The number of hydrogen-bond acceptors (Lipinski definition) is 6. The number of aryl methyl sites for hydroxylation is 1. The molecular formula is C25H25N7O2. The van der Waals surface area contributed by atoms with Crippen LogP contribution in [0.3, 0.4) is 0 Å². The van der Waals surface area contributed by atoms with E-state index in [4.69, 9.17) is 0 Å². The van der Waals surface area contributed by atoms with E-state index in [1.807, 2.05) is 36.2 Å². The van der Waals surface area contributed by atoms with Gasteiger partial charge in [-0.1, -0.05) is 37.1 Å². The van der Waals surface area contributed by atoms with Crippen LogP contribution in [0, 0.1) is 23.2 Å². The first-order valence-electron chi connectivity index (χ1n) is 11.0. The molecule has 4 rings (SSSR count). The number of nitrogens with zero attached hydrogens (tertiary/aromatic N) is 7. The quantitative estimate of drug-likeness (QED) is 0.413. The van der Waals surface area contributed by atoms with Crippen LogP contribution in [0.25, 0.3) is 21.9 Å². The van der Waals surface area contributed by atoms with E-state index in [0.717, 1.165) is 28.3 Å².